The Morgan fingerprint density at radius 3 is 2.44 bits per heavy atom. The van der Waals surface area contributed by atoms with Gasteiger partial charge in [-0.3, -0.25) is 14.9 Å². The second kappa shape index (κ2) is 10.6. The summed E-state index contributed by atoms with van der Waals surface area (Å²) in [5, 5.41) is 12.0. The highest BCUT2D eigenvalue weighted by Gasteiger charge is 2.36. The van der Waals surface area contributed by atoms with Gasteiger partial charge >= 0.3 is 0 Å². The van der Waals surface area contributed by atoms with Gasteiger partial charge in [0, 0.05) is 6.54 Å². The predicted molar refractivity (Wildman–Crippen MR) is 129 cm³/mol. The smallest absolute Gasteiger partial charge is 0.174 e. The standard InChI is InChI=1S/C27H31N3O2/c1-28-24(17-20-13-14-21-10-5-6-11-22(21)16-20)27(32)25(26(31)23-12-7-15-29-23)30-18-19-8-3-2-4-9-19/h2-6,8-11,13-14,16,23-25,28-30H,7,12,15,17-18H2,1H3/t23-,24-,25+/m0/s1. The number of hydrogen-bond acceptors (Lipinski definition) is 5. The Hall–Kier alpha value is -2.86. The molecule has 0 bridgehead atoms. The van der Waals surface area contributed by atoms with E-state index in [0.29, 0.717) is 13.0 Å². The first-order valence-electron chi connectivity index (χ1n) is 11.4. The molecule has 1 fully saturated rings. The number of fused-ring (bicyclic) bond motifs is 1. The minimum atomic E-state index is -0.844. The summed E-state index contributed by atoms with van der Waals surface area (Å²) >= 11 is 0. The van der Waals surface area contributed by atoms with Crippen LogP contribution in [0.3, 0.4) is 0 Å². The summed E-state index contributed by atoms with van der Waals surface area (Å²) in [7, 11) is 1.79. The number of carbonyl (C=O) groups is 2. The lowest BCUT2D eigenvalue weighted by Crippen LogP contribution is -2.55. The third-order valence-corrected chi connectivity index (χ3v) is 6.27. The van der Waals surface area contributed by atoms with E-state index >= 15 is 0 Å². The summed E-state index contributed by atoms with van der Waals surface area (Å²) in [6, 6.07) is 22.8. The van der Waals surface area contributed by atoms with Crippen molar-refractivity contribution in [3.63, 3.8) is 0 Å². The Kier molecular flexibility index (Phi) is 7.43. The van der Waals surface area contributed by atoms with Crippen molar-refractivity contribution in [1.29, 1.82) is 0 Å². The van der Waals surface area contributed by atoms with Gasteiger partial charge in [-0.2, -0.15) is 0 Å². The van der Waals surface area contributed by atoms with E-state index in [-0.39, 0.29) is 17.6 Å². The summed E-state index contributed by atoms with van der Waals surface area (Å²) in [6.45, 7) is 1.30. The molecule has 1 saturated heterocycles. The molecule has 0 amide bonds. The average molecular weight is 430 g/mol. The summed E-state index contributed by atoms with van der Waals surface area (Å²) < 4.78 is 0. The van der Waals surface area contributed by atoms with Crippen LogP contribution >= 0.6 is 0 Å². The number of benzene rings is 3. The molecule has 4 rings (SSSR count). The zero-order valence-electron chi connectivity index (χ0n) is 18.5. The second-order valence-corrected chi connectivity index (χ2v) is 8.48. The van der Waals surface area contributed by atoms with E-state index in [9.17, 15) is 9.59 Å². The number of ketones is 2. The van der Waals surface area contributed by atoms with Crippen molar-refractivity contribution >= 4 is 22.3 Å². The van der Waals surface area contributed by atoms with Gasteiger partial charge in [0.05, 0.1) is 12.1 Å². The molecule has 3 atom stereocenters. The molecular formula is C27H31N3O2. The van der Waals surface area contributed by atoms with Crippen LogP contribution in [0.25, 0.3) is 10.8 Å². The number of rotatable bonds is 10. The van der Waals surface area contributed by atoms with E-state index in [1.807, 2.05) is 42.5 Å². The van der Waals surface area contributed by atoms with Gasteiger partial charge in [0.1, 0.15) is 6.04 Å². The van der Waals surface area contributed by atoms with Crippen molar-refractivity contribution in [3.8, 4) is 0 Å². The summed E-state index contributed by atoms with van der Waals surface area (Å²) in [6.07, 6.45) is 2.28. The summed E-state index contributed by atoms with van der Waals surface area (Å²) in [4.78, 5) is 26.9. The number of carbonyl (C=O) groups excluding carboxylic acids is 2. The lowest BCUT2D eigenvalue weighted by atomic mass is 9.92. The molecule has 5 nitrogen and oxygen atoms in total. The minimum Gasteiger partial charge on any atom is -0.310 e. The molecule has 3 N–H and O–H groups in total. The molecule has 3 aromatic rings. The molecule has 32 heavy (non-hydrogen) atoms. The first kappa shape index (κ1) is 22.3. The molecule has 1 aliphatic rings. The summed E-state index contributed by atoms with van der Waals surface area (Å²) in [5.41, 5.74) is 2.12. The van der Waals surface area contributed by atoms with E-state index in [0.717, 1.165) is 35.9 Å². The maximum atomic E-state index is 13.6. The second-order valence-electron chi connectivity index (χ2n) is 8.48. The van der Waals surface area contributed by atoms with Gasteiger partial charge in [-0.15, -0.1) is 0 Å². The zero-order valence-corrected chi connectivity index (χ0v) is 18.5. The van der Waals surface area contributed by atoms with Crippen LogP contribution in [0.2, 0.25) is 0 Å². The van der Waals surface area contributed by atoms with Crippen molar-refractivity contribution in [3.05, 3.63) is 83.9 Å². The Morgan fingerprint density at radius 2 is 1.72 bits per heavy atom. The topological polar surface area (TPSA) is 70.2 Å². The van der Waals surface area contributed by atoms with Crippen LogP contribution < -0.4 is 16.0 Å². The van der Waals surface area contributed by atoms with E-state index < -0.39 is 12.1 Å². The van der Waals surface area contributed by atoms with Crippen molar-refractivity contribution < 1.29 is 9.59 Å². The maximum Gasteiger partial charge on any atom is 0.174 e. The van der Waals surface area contributed by atoms with Crippen LogP contribution in [-0.2, 0) is 22.6 Å². The lowest BCUT2D eigenvalue weighted by Gasteiger charge is -2.25. The van der Waals surface area contributed by atoms with Gasteiger partial charge in [0.15, 0.2) is 11.6 Å². The minimum absolute atomic E-state index is 0.0535. The quantitative estimate of drug-likeness (QED) is 0.432. The van der Waals surface area contributed by atoms with Crippen LogP contribution in [-0.4, -0.2) is 43.3 Å². The Labute approximate surface area is 189 Å². The Bertz CT molecular complexity index is 1060. The fraction of sp³-hybridized carbons (Fsp3) is 0.333. The van der Waals surface area contributed by atoms with Crippen molar-refractivity contribution in [2.75, 3.05) is 13.6 Å². The predicted octanol–water partition coefficient (Wildman–Crippen LogP) is 3.02. The van der Waals surface area contributed by atoms with Crippen LogP contribution in [0.1, 0.15) is 24.0 Å². The SMILES string of the molecule is CN[C@@H](Cc1ccc2ccccc2c1)C(=O)[C@H](NCc1ccccc1)C(=O)[C@@H]1CCCN1. The normalized spacial score (nSPS) is 17.8. The molecule has 0 aromatic heterocycles. The lowest BCUT2D eigenvalue weighted by molar-refractivity contribution is -0.132. The number of hydrogen-bond donors (Lipinski definition) is 3. The van der Waals surface area contributed by atoms with Gasteiger partial charge in [0.2, 0.25) is 0 Å². The van der Waals surface area contributed by atoms with Crippen molar-refractivity contribution in [1.82, 2.24) is 16.0 Å². The molecule has 0 spiro atoms. The molecule has 1 heterocycles. The van der Waals surface area contributed by atoms with Crippen LogP contribution in [0, 0.1) is 0 Å². The summed E-state index contributed by atoms with van der Waals surface area (Å²) in [5.74, 6) is -0.155. The molecule has 0 aliphatic carbocycles. The largest absolute Gasteiger partial charge is 0.310 e. The molecular weight excluding hydrogens is 398 g/mol. The van der Waals surface area contributed by atoms with E-state index in [2.05, 4.69) is 46.3 Å². The number of Topliss-reactive ketones (excluding diaryl/α,β-unsaturated/α-hetero) is 2. The molecule has 3 aromatic carbocycles. The number of likely N-dealkylation sites (N-methyl/N-ethyl adjacent to an activating group) is 1. The van der Waals surface area contributed by atoms with Gasteiger partial charge in [-0.1, -0.05) is 72.8 Å². The molecule has 0 saturated carbocycles. The van der Waals surface area contributed by atoms with E-state index in [4.69, 9.17) is 0 Å². The highest BCUT2D eigenvalue weighted by Crippen LogP contribution is 2.18. The van der Waals surface area contributed by atoms with Crippen LogP contribution in [0.15, 0.2) is 72.8 Å². The highest BCUT2D eigenvalue weighted by molar-refractivity contribution is 6.10. The van der Waals surface area contributed by atoms with Gasteiger partial charge in [-0.05, 0) is 54.8 Å². The van der Waals surface area contributed by atoms with E-state index in [1.54, 1.807) is 7.05 Å². The fourth-order valence-electron chi connectivity index (χ4n) is 4.43. The molecule has 0 unspecified atom stereocenters. The third kappa shape index (κ3) is 5.30. The zero-order chi connectivity index (χ0) is 22.3. The molecule has 5 heteroatoms. The van der Waals surface area contributed by atoms with Gasteiger partial charge in [0.25, 0.3) is 0 Å². The maximum absolute atomic E-state index is 13.6. The van der Waals surface area contributed by atoms with Crippen molar-refractivity contribution in [2.45, 2.75) is 43.9 Å². The van der Waals surface area contributed by atoms with Crippen molar-refractivity contribution in [2.24, 2.45) is 0 Å². The van der Waals surface area contributed by atoms with Crippen LogP contribution in [0.4, 0.5) is 0 Å². The van der Waals surface area contributed by atoms with Crippen LogP contribution in [0.5, 0.6) is 0 Å². The highest BCUT2D eigenvalue weighted by atomic mass is 16.2. The monoisotopic (exact) mass is 429 g/mol. The molecule has 166 valence electrons. The van der Waals surface area contributed by atoms with E-state index in [1.165, 1.54) is 5.39 Å². The molecule has 0 radical (unpaired) electrons. The number of nitrogens with one attached hydrogen (secondary N) is 3. The first-order chi connectivity index (χ1) is 15.7. The Balaban J connectivity index is 1.52. The third-order valence-electron chi connectivity index (χ3n) is 6.27. The fourth-order valence-corrected chi connectivity index (χ4v) is 4.43. The first-order valence-corrected chi connectivity index (χ1v) is 11.4. The van der Waals surface area contributed by atoms with Gasteiger partial charge < -0.3 is 10.6 Å². The Morgan fingerprint density at radius 1 is 0.969 bits per heavy atom. The van der Waals surface area contributed by atoms with Gasteiger partial charge in [-0.25, -0.2) is 0 Å². The average Bonchev–Trinajstić information content (AvgIpc) is 3.38. The molecule has 1 aliphatic heterocycles.